The summed E-state index contributed by atoms with van der Waals surface area (Å²) < 4.78 is 5.82. The molecule has 1 saturated heterocycles. The average Bonchev–Trinajstić information content (AvgIpc) is 3.04. The van der Waals surface area contributed by atoms with E-state index in [9.17, 15) is 4.79 Å². The molecule has 3 N–H and O–H groups in total. The summed E-state index contributed by atoms with van der Waals surface area (Å²) in [6.45, 7) is 3.30. The molecule has 7 nitrogen and oxygen atoms in total. The van der Waals surface area contributed by atoms with Gasteiger partial charge in [-0.2, -0.15) is 5.10 Å². The molecular formula is C18H19N5O2. The zero-order chi connectivity index (χ0) is 17.4. The second kappa shape index (κ2) is 6.18. The van der Waals surface area contributed by atoms with Crippen molar-refractivity contribution < 1.29 is 9.53 Å². The number of ether oxygens (including phenoxy) is 1. The van der Waals surface area contributed by atoms with Gasteiger partial charge in [0.2, 0.25) is 0 Å². The number of amides is 1. The third-order valence-electron chi connectivity index (χ3n) is 4.35. The predicted molar refractivity (Wildman–Crippen MR) is 94.1 cm³/mol. The molecule has 0 radical (unpaired) electrons. The van der Waals surface area contributed by atoms with Gasteiger partial charge < -0.3 is 15.4 Å². The van der Waals surface area contributed by atoms with Crippen molar-refractivity contribution in [2.75, 3.05) is 25.4 Å². The number of morpholine rings is 1. The number of fused-ring (bicyclic) bond motifs is 1. The maximum absolute atomic E-state index is 12.9. The summed E-state index contributed by atoms with van der Waals surface area (Å²) in [5.74, 6) is -0.105. The number of aryl methyl sites for hydroxylation is 1. The number of para-hydroxylation sites is 1. The van der Waals surface area contributed by atoms with Crippen LogP contribution in [0.25, 0.3) is 10.9 Å². The number of nitrogen functional groups attached to an aromatic ring is 1. The molecule has 1 aliphatic heterocycles. The van der Waals surface area contributed by atoms with Crippen LogP contribution in [0.1, 0.15) is 28.0 Å². The molecule has 3 heterocycles. The molecule has 7 heteroatoms. The zero-order valence-corrected chi connectivity index (χ0v) is 13.9. The number of carbonyl (C=O) groups is 1. The number of anilines is 1. The third kappa shape index (κ3) is 2.94. The highest BCUT2D eigenvalue weighted by Crippen LogP contribution is 2.25. The zero-order valence-electron chi connectivity index (χ0n) is 13.9. The highest BCUT2D eigenvalue weighted by Gasteiger charge is 2.29. The lowest BCUT2D eigenvalue weighted by Crippen LogP contribution is -2.42. The molecule has 25 heavy (non-hydrogen) atoms. The maximum atomic E-state index is 12.9. The molecule has 1 aromatic carbocycles. The molecule has 1 atom stereocenters. The van der Waals surface area contributed by atoms with E-state index >= 15 is 0 Å². The van der Waals surface area contributed by atoms with Gasteiger partial charge in [-0.1, -0.05) is 18.2 Å². The number of aromatic amines is 1. The van der Waals surface area contributed by atoms with E-state index in [2.05, 4.69) is 15.2 Å². The van der Waals surface area contributed by atoms with Crippen molar-refractivity contribution in [2.45, 2.75) is 13.0 Å². The molecule has 1 fully saturated rings. The normalized spacial score (nSPS) is 17.8. The SMILES string of the molecule is Cc1cc(N)cc([C@@H]2CN(C(=O)c3n[nH]c4ccccc34)CCO2)n1. The molecule has 4 rings (SSSR count). The first-order valence-corrected chi connectivity index (χ1v) is 8.20. The Morgan fingerprint density at radius 2 is 2.20 bits per heavy atom. The van der Waals surface area contributed by atoms with Crippen LogP contribution in [0.15, 0.2) is 36.4 Å². The van der Waals surface area contributed by atoms with Gasteiger partial charge in [-0.15, -0.1) is 0 Å². The third-order valence-corrected chi connectivity index (χ3v) is 4.35. The van der Waals surface area contributed by atoms with Crippen molar-refractivity contribution >= 4 is 22.5 Å². The van der Waals surface area contributed by atoms with Crippen molar-refractivity contribution in [3.63, 3.8) is 0 Å². The fourth-order valence-electron chi connectivity index (χ4n) is 3.18. The number of nitrogens with two attached hydrogens (primary N) is 1. The van der Waals surface area contributed by atoms with E-state index < -0.39 is 0 Å². The van der Waals surface area contributed by atoms with Gasteiger partial charge in [-0.3, -0.25) is 14.9 Å². The van der Waals surface area contributed by atoms with Gasteiger partial charge in [0.05, 0.1) is 24.4 Å². The number of nitrogens with one attached hydrogen (secondary N) is 1. The van der Waals surface area contributed by atoms with E-state index in [-0.39, 0.29) is 12.0 Å². The van der Waals surface area contributed by atoms with Crippen LogP contribution in [0.4, 0.5) is 5.69 Å². The standard InChI is InChI=1S/C18H19N5O2/c1-11-8-12(19)9-15(20-11)16-10-23(6-7-25-16)18(24)17-13-4-2-3-5-14(13)21-22-17/h2-5,8-9,16H,6-7,10H2,1H3,(H2,19,20)(H,21,22)/t16-/m0/s1. The second-order valence-electron chi connectivity index (χ2n) is 6.20. The van der Waals surface area contributed by atoms with Crippen molar-refractivity contribution in [1.29, 1.82) is 0 Å². The van der Waals surface area contributed by atoms with Crippen LogP contribution in [0, 0.1) is 6.92 Å². The van der Waals surface area contributed by atoms with Gasteiger partial charge in [-0.25, -0.2) is 0 Å². The number of carbonyl (C=O) groups excluding carboxylic acids is 1. The van der Waals surface area contributed by atoms with Gasteiger partial charge in [-0.05, 0) is 25.1 Å². The largest absolute Gasteiger partial charge is 0.399 e. The fourth-order valence-corrected chi connectivity index (χ4v) is 3.18. The summed E-state index contributed by atoms with van der Waals surface area (Å²) in [7, 11) is 0. The van der Waals surface area contributed by atoms with Crippen LogP contribution in [-0.2, 0) is 4.74 Å². The highest BCUT2D eigenvalue weighted by molar-refractivity contribution is 6.04. The second-order valence-corrected chi connectivity index (χ2v) is 6.20. The summed E-state index contributed by atoms with van der Waals surface area (Å²) in [5.41, 5.74) is 9.43. The highest BCUT2D eigenvalue weighted by atomic mass is 16.5. The van der Waals surface area contributed by atoms with Crippen LogP contribution >= 0.6 is 0 Å². The topological polar surface area (TPSA) is 97.1 Å². The van der Waals surface area contributed by atoms with Crippen molar-refractivity contribution in [1.82, 2.24) is 20.1 Å². The number of hydrogen-bond donors (Lipinski definition) is 2. The molecule has 0 unspecified atom stereocenters. The van der Waals surface area contributed by atoms with E-state index in [0.29, 0.717) is 31.1 Å². The first-order valence-electron chi connectivity index (χ1n) is 8.20. The number of hydrogen-bond acceptors (Lipinski definition) is 5. The number of nitrogens with zero attached hydrogens (tertiary/aromatic N) is 3. The van der Waals surface area contributed by atoms with Gasteiger partial charge in [0.25, 0.3) is 5.91 Å². The Labute approximate surface area is 144 Å². The smallest absolute Gasteiger partial charge is 0.275 e. The summed E-state index contributed by atoms with van der Waals surface area (Å²) in [6.07, 6.45) is -0.287. The van der Waals surface area contributed by atoms with E-state index in [1.165, 1.54) is 0 Å². The van der Waals surface area contributed by atoms with Crippen LogP contribution in [0.5, 0.6) is 0 Å². The lowest BCUT2D eigenvalue weighted by molar-refractivity contribution is -0.0248. The first kappa shape index (κ1) is 15.6. The van der Waals surface area contributed by atoms with Crippen molar-refractivity contribution in [3.8, 4) is 0 Å². The summed E-state index contributed by atoms with van der Waals surface area (Å²) >= 11 is 0. The van der Waals surface area contributed by atoms with Crippen LogP contribution in [-0.4, -0.2) is 45.7 Å². The number of benzene rings is 1. The minimum Gasteiger partial charge on any atom is -0.399 e. The summed E-state index contributed by atoms with van der Waals surface area (Å²) in [5, 5.41) is 7.94. The summed E-state index contributed by atoms with van der Waals surface area (Å²) in [6, 6.07) is 11.2. The monoisotopic (exact) mass is 337 g/mol. The number of H-pyrrole nitrogens is 1. The van der Waals surface area contributed by atoms with Crippen molar-refractivity contribution in [2.24, 2.45) is 0 Å². The van der Waals surface area contributed by atoms with E-state index in [4.69, 9.17) is 10.5 Å². The fraction of sp³-hybridized carbons (Fsp3) is 0.278. The number of rotatable bonds is 2. The molecule has 3 aromatic rings. The number of aromatic nitrogens is 3. The van der Waals surface area contributed by atoms with Gasteiger partial charge in [0.15, 0.2) is 5.69 Å². The van der Waals surface area contributed by atoms with Gasteiger partial charge in [0, 0.05) is 23.3 Å². The molecule has 128 valence electrons. The van der Waals surface area contributed by atoms with E-state index in [1.807, 2.05) is 37.3 Å². The molecule has 0 saturated carbocycles. The minimum atomic E-state index is -0.287. The van der Waals surface area contributed by atoms with Crippen LogP contribution in [0.2, 0.25) is 0 Å². The Balaban J connectivity index is 1.59. The van der Waals surface area contributed by atoms with Gasteiger partial charge in [0.1, 0.15) is 6.10 Å². The molecule has 1 aliphatic rings. The van der Waals surface area contributed by atoms with E-state index in [0.717, 1.165) is 22.3 Å². The quantitative estimate of drug-likeness (QED) is 0.746. The lowest BCUT2D eigenvalue weighted by atomic mass is 10.1. The Bertz CT molecular complexity index is 916. The Morgan fingerprint density at radius 3 is 3.04 bits per heavy atom. The average molecular weight is 337 g/mol. The molecule has 2 aromatic heterocycles. The molecular weight excluding hydrogens is 318 g/mol. The molecule has 1 amide bonds. The first-order chi connectivity index (χ1) is 12.1. The molecule has 0 aliphatic carbocycles. The van der Waals surface area contributed by atoms with E-state index in [1.54, 1.807) is 11.0 Å². The Morgan fingerprint density at radius 1 is 1.36 bits per heavy atom. The summed E-state index contributed by atoms with van der Waals surface area (Å²) in [4.78, 5) is 19.2. The maximum Gasteiger partial charge on any atom is 0.275 e. The van der Waals surface area contributed by atoms with Crippen LogP contribution in [0.3, 0.4) is 0 Å². The predicted octanol–water partition coefficient (Wildman–Crippen LogP) is 2.06. The minimum absolute atomic E-state index is 0.105. The Hall–Kier alpha value is -2.93. The lowest BCUT2D eigenvalue weighted by Gasteiger charge is -2.32. The van der Waals surface area contributed by atoms with Crippen molar-refractivity contribution in [3.05, 3.63) is 53.5 Å². The number of pyridine rings is 1. The molecule has 0 bridgehead atoms. The van der Waals surface area contributed by atoms with Gasteiger partial charge >= 0.3 is 0 Å². The molecule has 0 spiro atoms. The Kier molecular flexibility index (Phi) is 3.85. The van der Waals surface area contributed by atoms with Crippen LogP contribution < -0.4 is 5.73 Å².